The van der Waals surface area contributed by atoms with Crippen molar-refractivity contribution in [3.63, 3.8) is 0 Å². The van der Waals surface area contributed by atoms with Crippen LogP contribution >= 0.6 is 23.2 Å². The van der Waals surface area contributed by atoms with E-state index in [-0.39, 0.29) is 0 Å². The molecule has 5 heteroatoms. The normalized spacial score (nSPS) is 13.3. The molecule has 0 radical (unpaired) electrons. The van der Waals surface area contributed by atoms with Crippen molar-refractivity contribution in [2.45, 2.75) is 26.4 Å². The van der Waals surface area contributed by atoms with Gasteiger partial charge in [0, 0.05) is 24.7 Å². The van der Waals surface area contributed by atoms with E-state index < -0.39 is 0 Å². The van der Waals surface area contributed by atoms with E-state index in [0.29, 0.717) is 16.3 Å². The Kier molecular flexibility index (Phi) is 6.36. The predicted octanol–water partition coefficient (Wildman–Crippen LogP) is 3.16. The van der Waals surface area contributed by atoms with E-state index >= 15 is 0 Å². The Balaban J connectivity index is 2.73. The van der Waals surface area contributed by atoms with Gasteiger partial charge in [-0.15, -0.1) is 0 Å². The van der Waals surface area contributed by atoms with Crippen LogP contribution in [0, 0.1) is 0 Å². The third kappa shape index (κ3) is 4.73. The number of pyridine rings is 1. The molecule has 1 aromatic rings. The van der Waals surface area contributed by atoms with E-state index in [0.717, 1.165) is 25.2 Å². The van der Waals surface area contributed by atoms with E-state index in [1.165, 1.54) is 0 Å². The van der Waals surface area contributed by atoms with Crippen molar-refractivity contribution in [3.05, 3.63) is 28.0 Å². The lowest BCUT2D eigenvalue weighted by atomic mass is 10.2. The van der Waals surface area contributed by atoms with Crippen molar-refractivity contribution < 1.29 is 0 Å². The van der Waals surface area contributed by atoms with Crippen molar-refractivity contribution in [2.75, 3.05) is 27.2 Å². The lowest BCUT2D eigenvalue weighted by molar-refractivity contribution is 0.174. The van der Waals surface area contributed by atoms with Gasteiger partial charge in [0.25, 0.3) is 0 Å². The van der Waals surface area contributed by atoms with Crippen molar-refractivity contribution in [1.29, 1.82) is 0 Å². The lowest BCUT2D eigenvalue weighted by Gasteiger charge is -2.30. The number of hydrogen-bond donors (Lipinski definition) is 0. The van der Waals surface area contributed by atoms with Gasteiger partial charge in [-0.3, -0.25) is 4.90 Å². The smallest absolute Gasteiger partial charge is 0.135 e. The summed E-state index contributed by atoms with van der Waals surface area (Å²) in [5, 5.41) is 0.936. The van der Waals surface area contributed by atoms with Crippen LogP contribution in [-0.4, -0.2) is 48.0 Å². The molecule has 0 saturated heterocycles. The minimum absolute atomic E-state index is 0.438. The molecule has 1 atom stereocenters. The van der Waals surface area contributed by atoms with Crippen LogP contribution < -0.4 is 0 Å². The highest BCUT2D eigenvalue weighted by Gasteiger charge is 2.15. The summed E-state index contributed by atoms with van der Waals surface area (Å²) in [7, 11) is 4.17. The zero-order valence-corrected chi connectivity index (χ0v) is 13.0. The van der Waals surface area contributed by atoms with Crippen LogP contribution in [0.1, 0.15) is 19.4 Å². The molecule has 0 spiro atoms. The minimum atomic E-state index is 0.438. The van der Waals surface area contributed by atoms with Gasteiger partial charge >= 0.3 is 0 Å². The Morgan fingerprint density at radius 2 is 1.94 bits per heavy atom. The van der Waals surface area contributed by atoms with Gasteiger partial charge < -0.3 is 4.90 Å². The van der Waals surface area contributed by atoms with Gasteiger partial charge in [0.15, 0.2) is 0 Å². The number of halogens is 2. The molecule has 0 aromatic carbocycles. The van der Waals surface area contributed by atoms with Crippen molar-refractivity contribution in [3.8, 4) is 0 Å². The second kappa shape index (κ2) is 7.29. The topological polar surface area (TPSA) is 19.4 Å². The summed E-state index contributed by atoms with van der Waals surface area (Å²) in [6, 6.07) is 4.20. The largest absolute Gasteiger partial charge is 0.308 e. The number of likely N-dealkylation sites (N-methyl/N-ethyl adjacent to an activating group) is 2. The quantitative estimate of drug-likeness (QED) is 0.750. The third-order valence-corrected chi connectivity index (χ3v) is 3.46. The molecule has 0 aliphatic rings. The molecule has 102 valence electrons. The molecule has 1 aromatic heterocycles. The van der Waals surface area contributed by atoms with Crippen LogP contribution in [0.2, 0.25) is 10.3 Å². The first-order valence-corrected chi connectivity index (χ1v) is 6.89. The fraction of sp³-hybridized carbons (Fsp3) is 0.615. The number of nitrogens with zero attached hydrogens (tertiary/aromatic N) is 3. The Morgan fingerprint density at radius 1 is 1.28 bits per heavy atom. The molecule has 1 heterocycles. The Bertz CT molecular complexity index is 382. The number of hydrogen-bond acceptors (Lipinski definition) is 3. The Labute approximate surface area is 120 Å². The Morgan fingerprint density at radius 3 is 2.44 bits per heavy atom. The summed E-state index contributed by atoms with van der Waals surface area (Å²) in [4.78, 5) is 8.64. The SMILES string of the molecule is CCN(Cc1ccc(Cl)nc1Cl)C(C)CN(C)C. The summed E-state index contributed by atoms with van der Waals surface area (Å²) in [6.45, 7) is 7.18. The summed E-state index contributed by atoms with van der Waals surface area (Å²) < 4.78 is 0. The molecule has 3 nitrogen and oxygen atoms in total. The summed E-state index contributed by atoms with van der Waals surface area (Å²) in [5.41, 5.74) is 1.02. The third-order valence-electron chi connectivity index (χ3n) is 2.92. The van der Waals surface area contributed by atoms with Gasteiger partial charge in [-0.05, 0) is 33.6 Å². The first-order valence-electron chi connectivity index (χ1n) is 6.13. The van der Waals surface area contributed by atoms with Gasteiger partial charge in [0.05, 0.1) is 0 Å². The van der Waals surface area contributed by atoms with Gasteiger partial charge in [-0.2, -0.15) is 0 Å². The van der Waals surface area contributed by atoms with E-state index in [9.17, 15) is 0 Å². The minimum Gasteiger partial charge on any atom is -0.308 e. The zero-order valence-electron chi connectivity index (χ0n) is 11.5. The average Bonchev–Trinajstić information content (AvgIpc) is 2.27. The van der Waals surface area contributed by atoms with Crippen molar-refractivity contribution in [1.82, 2.24) is 14.8 Å². The van der Waals surface area contributed by atoms with Crippen LogP contribution in [0.25, 0.3) is 0 Å². The highest BCUT2D eigenvalue weighted by Crippen LogP contribution is 2.19. The molecule has 0 aliphatic heterocycles. The molecular weight excluding hydrogens is 269 g/mol. The van der Waals surface area contributed by atoms with E-state index in [2.05, 4.69) is 42.7 Å². The summed E-state index contributed by atoms with van der Waals surface area (Å²) in [6.07, 6.45) is 0. The fourth-order valence-corrected chi connectivity index (χ4v) is 2.41. The molecule has 18 heavy (non-hydrogen) atoms. The first-order chi connectivity index (χ1) is 8.43. The maximum Gasteiger partial charge on any atom is 0.135 e. The van der Waals surface area contributed by atoms with Crippen LogP contribution in [0.15, 0.2) is 12.1 Å². The molecule has 0 saturated carbocycles. The molecule has 1 rings (SSSR count). The van der Waals surface area contributed by atoms with E-state index in [1.54, 1.807) is 6.07 Å². The Hall–Kier alpha value is -0.350. The van der Waals surface area contributed by atoms with E-state index in [4.69, 9.17) is 23.2 Å². The van der Waals surface area contributed by atoms with Gasteiger partial charge in [0.1, 0.15) is 10.3 Å². The van der Waals surface area contributed by atoms with Gasteiger partial charge in [0.2, 0.25) is 0 Å². The molecule has 0 aliphatic carbocycles. The predicted molar refractivity (Wildman–Crippen MR) is 78.4 cm³/mol. The average molecular weight is 290 g/mol. The summed E-state index contributed by atoms with van der Waals surface area (Å²) >= 11 is 11.9. The zero-order chi connectivity index (χ0) is 13.7. The number of aromatic nitrogens is 1. The van der Waals surface area contributed by atoms with Crippen LogP contribution in [-0.2, 0) is 6.54 Å². The molecule has 0 N–H and O–H groups in total. The second-order valence-electron chi connectivity index (χ2n) is 4.76. The fourth-order valence-electron chi connectivity index (χ4n) is 2.00. The van der Waals surface area contributed by atoms with Crippen molar-refractivity contribution in [2.24, 2.45) is 0 Å². The van der Waals surface area contributed by atoms with Crippen LogP contribution in [0.5, 0.6) is 0 Å². The van der Waals surface area contributed by atoms with Gasteiger partial charge in [-0.1, -0.05) is 36.2 Å². The highest BCUT2D eigenvalue weighted by molar-refractivity contribution is 6.32. The highest BCUT2D eigenvalue weighted by atomic mass is 35.5. The monoisotopic (exact) mass is 289 g/mol. The summed E-state index contributed by atoms with van der Waals surface area (Å²) in [5.74, 6) is 0. The molecule has 0 fully saturated rings. The maximum absolute atomic E-state index is 6.11. The first kappa shape index (κ1) is 15.7. The standard InChI is InChI=1S/C13H21Cl2N3/c1-5-18(10(2)8-17(3)4)9-11-6-7-12(14)16-13(11)15/h6-7,10H,5,8-9H2,1-4H3. The van der Waals surface area contributed by atoms with Crippen LogP contribution in [0.3, 0.4) is 0 Å². The molecule has 0 bridgehead atoms. The maximum atomic E-state index is 6.11. The lowest BCUT2D eigenvalue weighted by Crippen LogP contribution is -2.39. The van der Waals surface area contributed by atoms with Crippen LogP contribution in [0.4, 0.5) is 0 Å². The van der Waals surface area contributed by atoms with E-state index in [1.807, 2.05) is 6.07 Å². The second-order valence-corrected chi connectivity index (χ2v) is 5.50. The molecule has 0 amide bonds. The molecular formula is C13H21Cl2N3. The number of rotatable bonds is 6. The van der Waals surface area contributed by atoms with Gasteiger partial charge in [-0.25, -0.2) is 4.98 Å². The van der Waals surface area contributed by atoms with Crippen molar-refractivity contribution >= 4 is 23.2 Å². The molecule has 1 unspecified atom stereocenters.